The zero-order valence-corrected chi connectivity index (χ0v) is 59.3. The first kappa shape index (κ1) is 59.4. The van der Waals surface area contributed by atoms with Crippen molar-refractivity contribution < 1.29 is 0 Å². The zero-order valence-electron chi connectivity index (χ0n) is 56.9. The lowest BCUT2D eigenvalue weighted by molar-refractivity contribution is 1.17. The normalized spacial score (nSPS) is 12.2. The Labute approximate surface area is 619 Å². The molecule has 0 bridgehead atoms. The second kappa shape index (κ2) is 23.2. The van der Waals surface area contributed by atoms with Gasteiger partial charge in [-0.2, -0.15) is 0 Å². The smallest absolute Gasteiger partial charge is 0.160 e. The van der Waals surface area contributed by atoms with E-state index in [1.165, 1.54) is 126 Å². The summed E-state index contributed by atoms with van der Waals surface area (Å²) >= 11 is 5.58. The van der Waals surface area contributed by atoms with E-state index in [2.05, 4.69) is 359 Å². The molecule has 492 valence electrons. The molecule has 16 aromatic carbocycles. The number of hydrogen-bond donors (Lipinski definition) is 0. The van der Waals surface area contributed by atoms with Gasteiger partial charge in [0.2, 0.25) is 0 Å². The number of hydrogen-bond acceptors (Lipinski definition) is 5. The first-order valence-corrected chi connectivity index (χ1v) is 38.4. The summed E-state index contributed by atoms with van der Waals surface area (Å²) in [6.07, 6.45) is 0. The third-order valence-electron chi connectivity index (χ3n) is 22.1. The monoisotopic (exact) mass is 1400 g/mol. The number of para-hydroxylation sites is 3. The highest BCUT2D eigenvalue weighted by molar-refractivity contribution is 7.26. The fourth-order valence-electron chi connectivity index (χ4n) is 17.0. The molecule has 7 heterocycles. The van der Waals surface area contributed by atoms with Crippen molar-refractivity contribution >= 4 is 171 Å². The topological polar surface area (TPSA) is 40.6 Å². The maximum Gasteiger partial charge on any atom is 0.160 e. The number of nitrogens with zero attached hydrogens (tertiary/aromatic N) is 5. The maximum absolute atomic E-state index is 5.66. The van der Waals surface area contributed by atoms with Crippen molar-refractivity contribution in [3.05, 3.63) is 346 Å². The highest BCUT2D eigenvalue weighted by Crippen LogP contribution is 2.45. The van der Waals surface area contributed by atoms with Crippen molar-refractivity contribution in [1.29, 1.82) is 0 Å². The molecule has 23 rings (SSSR count). The molecule has 0 saturated carbocycles. The Hall–Kier alpha value is -13.1. The third-order valence-corrected chi connectivity index (χ3v) is 25.5. The molecule has 7 aromatic heterocycles. The molecule has 0 N–H and O–H groups in total. The SMILES string of the molecule is c1cc(-c2ccc3nc(-c4ccc(-n5c6ccccc6c6cc(-c7ccc8sc9ccccc9c8c7)ccc65)cc4)nc(-c4ccc(-n5c6ccccc6c6cc(-c7ccc8sc9ccccc9c8c7)ccc65)cc4)c3c2)cc(-n2c3ccccc3c3cc(-c4ccc5sc6ccccc6c5c4)ccc32)c1. The van der Waals surface area contributed by atoms with Crippen LogP contribution in [-0.2, 0) is 0 Å². The lowest BCUT2D eigenvalue weighted by atomic mass is 9.99. The van der Waals surface area contributed by atoms with Crippen molar-refractivity contribution in [3.8, 4) is 84.2 Å². The minimum atomic E-state index is 0.662. The molecule has 0 amide bonds. The van der Waals surface area contributed by atoms with Gasteiger partial charge in [0.15, 0.2) is 5.82 Å². The van der Waals surface area contributed by atoms with Gasteiger partial charge in [0, 0.05) is 126 Å². The van der Waals surface area contributed by atoms with Gasteiger partial charge in [-0.05, 0) is 214 Å². The average Bonchev–Trinajstić information content (AvgIpc) is 1.59. The zero-order chi connectivity index (χ0) is 69.2. The van der Waals surface area contributed by atoms with Crippen LogP contribution in [0.1, 0.15) is 0 Å². The maximum atomic E-state index is 5.66. The Morgan fingerprint density at radius 1 is 0.179 bits per heavy atom. The van der Waals surface area contributed by atoms with Crippen molar-refractivity contribution in [2.24, 2.45) is 0 Å². The van der Waals surface area contributed by atoms with Crippen molar-refractivity contribution in [2.75, 3.05) is 0 Å². The molecule has 0 radical (unpaired) electrons. The Balaban J connectivity index is 0.636. The number of fused-ring (bicyclic) bond motifs is 19. The van der Waals surface area contributed by atoms with E-state index in [0.717, 1.165) is 89.0 Å². The summed E-state index contributed by atoms with van der Waals surface area (Å²) in [6.45, 7) is 0. The second-order valence-corrected chi connectivity index (χ2v) is 31.2. The van der Waals surface area contributed by atoms with Gasteiger partial charge in [0.05, 0.1) is 44.3 Å². The van der Waals surface area contributed by atoms with E-state index in [1.807, 2.05) is 34.0 Å². The summed E-state index contributed by atoms with van der Waals surface area (Å²) in [7, 11) is 0. The van der Waals surface area contributed by atoms with E-state index in [9.17, 15) is 0 Å². The van der Waals surface area contributed by atoms with Gasteiger partial charge < -0.3 is 13.7 Å². The van der Waals surface area contributed by atoms with E-state index in [1.54, 1.807) is 0 Å². The molecule has 0 aliphatic heterocycles. The summed E-state index contributed by atoms with van der Waals surface area (Å²) in [5.74, 6) is 0.662. The molecule has 0 saturated heterocycles. The van der Waals surface area contributed by atoms with Crippen LogP contribution in [0.25, 0.3) is 221 Å². The van der Waals surface area contributed by atoms with Crippen molar-refractivity contribution in [2.45, 2.75) is 0 Å². The predicted octanol–water partition coefficient (Wildman–Crippen LogP) is 28.0. The van der Waals surface area contributed by atoms with E-state index in [-0.39, 0.29) is 0 Å². The van der Waals surface area contributed by atoms with Crippen LogP contribution in [0.5, 0.6) is 0 Å². The molecule has 23 aromatic rings. The molecule has 0 unspecified atom stereocenters. The predicted molar refractivity (Wildman–Crippen MR) is 454 cm³/mol. The quantitative estimate of drug-likeness (QED) is 0.144. The van der Waals surface area contributed by atoms with Crippen LogP contribution in [0, 0.1) is 0 Å². The summed E-state index contributed by atoms with van der Waals surface area (Å²) < 4.78 is 15.1. The summed E-state index contributed by atoms with van der Waals surface area (Å²) in [6, 6.07) is 128. The minimum Gasteiger partial charge on any atom is -0.309 e. The second-order valence-electron chi connectivity index (χ2n) is 28.0. The summed E-state index contributed by atoms with van der Waals surface area (Å²) in [4.78, 5) is 11.1. The van der Waals surface area contributed by atoms with Crippen LogP contribution in [0.15, 0.2) is 346 Å². The molecule has 0 aliphatic rings. The van der Waals surface area contributed by atoms with Gasteiger partial charge in [0.1, 0.15) is 0 Å². The molecule has 8 heteroatoms. The van der Waals surface area contributed by atoms with Crippen LogP contribution in [-0.4, -0.2) is 23.7 Å². The summed E-state index contributed by atoms with van der Waals surface area (Å²) in [5.41, 5.74) is 23.3. The first-order valence-electron chi connectivity index (χ1n) is 36.0. The van der Waals surface area contributed by atoms with Crippen molar-refractivity contribution in [3.63, 3.8) is 0 Å². The van der Waals surface area contributed by atoms with Gasteiger partial charge in [-0.25, -0.2) is 9.97 Å². The van der Waals surface area contributed by atoms with E-state index >= 15 is 0 Å². The summed E-state index contributed by atoms with van der Waals surface area (Å²) in [5, 5.41) is 16.1. The molecule has 0 atom stereocenters. The fourth-order valence-corrected chi connectivity index (χ4v) is 20.3. The minimum absolute atomic E-state index is 0.662. The molecule has 5 nitrogen and oxygen atoms in total. The molecular formula is C98H57N5S3. The van der Waals surface area contributed by atoms with Crippen LogP contribution in [0.3, 0.4) is 0 Å². The molecule has 106 heavy (non-hydrogen) atoms. The number of rotatable bonds is 9. The lowest BCUT2D eigenvalue weighted by Crippen LogP contribution is -1.98. The number of thiophene rings is 3. The molecule has 0 fully saturated rings. The van der Waals surface area contributed by atoms with Gasteiger partial charge in [-0.3, -0.25) is 0 Å². The Morgan fingerprint density at radius 2 is 0.491 bits per heavy atom. The fraction of sp³-hybridized carbons (Fsp3) is 0. The highest BCUT2D eigenvalue weighted by atomic mass is 32.1. The lowest BCUT2D eigenvalue weighted by Gasteiger charge is -2.14. The Kier molecular flexibility index (Phi) is 13.0. The Morgan fingerprint density at radius 3 is 0.925 bits per heavy atom. The number of aromatic nitrogens is 5. The van der Waals surface area contributed by atoms with E-state index in [4.69, 9.17) is 9.97 Å². The van der Waals surface area contributed by atoms with Crippen molar-refractivity contribution in [1.82, 2.24) is 23.7 Å². The van der Waals surface area contributed by atoms with Gasteiger partial charge in [-0.15, -0.1) is 34.0 Å². The van der Waals surface area contributed by atoms with Gasteiger partial charge >= 0.3 is 0 Å². The number of benzene rings is 16. The molecule has 0 spiro atoms. The van der Waals surface area contributed by atoms with E-state index < -0.39 is 0 Å². The highest BCUT2D eigenvalue weighted by Gasteiger charge is 2.22. The standard InChI is InChI=1S/C98H57N5S3/c1-7-22-85-71(16-1)77-51-62(65-36-47-94-80(54-65)74-19-4-10-25-91(74)104-94)33-44-88(77)101(85)68-39-28-58(29-40-68)97-83-57-61(60-14-13-15-70(50-60)103-87-24-9-3-18-73(87)79-53-64(35-46-90(79)103)67-38-49-96-82(56-67)76-21-6-12-27-93(76)106-96)32-43-84(83)99-98(100-97)59-30-41-69(42-31-59)102-86-23-8-2-17-72(86)78-52-63(34-45-89(78)102)66-37-48-95-81(55-66)75-20-5-11-26-92(75)105-95/h1-57H. The first-order chi connectivity index (χ1) is 52.5. The van der Waals surface area contributed by atoms with Gasteiger partial charge in [-0.1, -0.05) is 176 Å². The largest absolute Gasteiger partial charge is 0.309 e. The Bertz CT molecular complexity index is 7650. The van der Waals surface area contributed by atoms with E-state index in [0.29, 0.717) is 5.82 Å². The van der Waals surface area contributed by atoms with Crippen LogP contribution in [0.4, 0.5) is 0 Å². The molecule has 0 aliphatic carbocycles. The average molecular weight is 1400 g/mol. The van der Waals surface area contributed by atoms with Crippen LogP contribution >= 0.6 is 34.0 Å². The molecular weight excluding hydrogens is 1340 g/mol. The van der Waals surface area contributed by atoms with Crippen LogP contribution < -0.4 is 0 Å². The van der Waals surface area contributed by atoms with Gasteiger partial charge in [0.25, 0.3) is 0 Å². The van der Waals surface area contributed by atoms with Crippen LogP contribution in [0.2, 0.25) is 0 Å². The third kappa shape index (κ3) is 9.25.